The van der Waals surface area contributed by atoms with Crippen molar-refractivity contribution in [2.45, 2.75) is 6.92 Å². The molecule has 0 saturated heterocycles. The van der Waals surface area contributed by atoms with Crippen molar-refractivity contribution in [3.05, 3.63) is 54.1 Å². The smallest absolute Gasteiger partial charge is 0.160 e. The van der Waals surface area contributed by atoms with Crippen molar-refractivity contribution in [1.29, 1.82) is 0 Å². The number of aryl methyl sites for hydroxylation is 1. The van der Waals surface area contributed by atoms with E-state index in [1.54, 1.807) is 25.4 Å². The first-order valence-corrected chi connectivity index (χ1v) is 5.94. The minimum Gasteiger partial charge on any atom is -0.340 e. The van der Waals surface area contributed by atoms with Crippen LogP contribution in [0.5, 0.6) is 0 Å². The van der Waals surface area contributed by atoms with E-state index in [1.807, 2.05) is 0 Å². The van der Waals surface area contributed by atoms with E-state index in [0.717, 1.165) is 17.6 Å². The Morgan fingerprint density at radius 1 is 1.05 bits per heavy atom. The van der Waals surface area contributed by atoms with Crippen LogP contribution in [-0.4, -0.2) is 15.0 Å². The maximum atomic E-state index is 13.2. The summed E-state index contributed by atoms with van der Waals surface area (Å²) in [5.41, 5.74) is 1.14. The molecule has 1 aromatic carbocycles. The van der Waals surface area contributed by atoms with Crippen molar-refractivity contribution in [3.8, 4) is 0 Å². The average Bonchev–Trinajstić information content (AvgIpc) is 2.43. The van der Waals surface area contributed by atoms with E-state index < -0.39 is 11.6 Å². The van der Waals surface area contributed by atoms with Gasteiger partial charge in [0.1, 0.15) is 11.6 Å². The molecule has 0 spiro atoms. The Kier molecular flexibility index (Phi) is 2.98. The molecule has 0 amide bonds. The molecule has 6 heteroatoms. The molecule has 100 valence electrons. The predicted molar refractivity (Wildman–Crippen MR) is 71.7 cm³/mol. The first-order chi connectivity index (χ1) is 9.63. The molecule has 1 N–H and O–H groups in total. The zero-order chi connectivity index (χ0) is 14.1. The minimum absolute atomic E-state index is 0.407. The van der Waals surface area contributed by atoms with Crippen LogP contribution in [0.15, 0.2) is 36.7 Å². The third-order valence-electron chi connectivity index (χ3n) is 2.81. The second-order valence-electron chi connectivity index (χ2n) is 4.26. The van der Waals surface area contributed by atoms with Gasteiger partial charge in [-0.25, -0.2) is 23.7 Å². The summed E-state index contributed by atoms with van der Waals surface area (Å²) in [6, 6.07) is 5.34. The molecule has 3 aromatic rings. The first kappa shape index (κ1) is 12.4. The van der Waals surface area contributed by atoms with E-state index in [1.165, 1.54) is 6.07 Å². The number of hydrogen-bond acceptors (Lipinski definition) is 4. The van der Waals surface area contributed by atoms with Gasteiger partial charge in [-0.3, -0.25) is 0 Å². The Balaban J connectivity index is 2.04. The van der Waals surface area contributed by atoms with Crippen LogP contribution in [0.1, 0.15) is 5.82 Å². The second kappa shape index (κ2) is 4.80. The molecule has 0 aliphatic heterocycles. The summed E-state index contributed by atoms with van der Waals surface area (Å²) >= 11 is 0. The summed E-state index contributed by atoms with van der Waals surface area (Å²) in [6.07, 6.45) is 3.24. The molecule has 0 fully saturated rings. The molecule has 0 atom stereocenters. The Hall–Kier alpha value is -2.63. The molecule has 3 rings (SSSR count). The van der Waals surface area contributed by atoms with Gasteiger partial charge in [-0.2, -0.15) is 0 Å². The highest BCUT2D eigenvalue weighted by molar-refractivity contribution is 5.89. The number of anilines is 2. The zero-order valence-electron chi connectivity index (χ0n) is 10.6. The Morgan fingerprint density at radius 2 is 1.90 bits per heavy atom. The van der Waals surface area contributed by atoms with Gasteiger partial charge in [-0.1, -0.05) is 0 Å². The predicted octanol–water partition coefficient (Wildman–Crippen LogP) is 3.36. The van der Waals surface area contributed by atoms with Crippen molar-refractivity contribution in [2.75, 3.05) is 5.32 Å². The van der Waals surface area contributed by atoms with Gasteiger partial charge in [0.25, 0.3) is 0 Å². The van der Waals surface area contributed by atoms with Gasteiger partial charge in [-0.15, -0.1) is 0 Å². The summed E-state index contributed by atoms with van der Waals surface area (Å²) in [6.45, 7) is 1.79. The maximum absolute atomic E-state index is 13.2. The molecular formula is C14H10F2N4. The van der Waals surface area contributed by atoms with Gasteiger partial charge in [0.05, 0.1) is 10.9 Å². The lowest BCUT2D eigenvalue weighted by atomic mass is 10.2. The first-order valence-electron chi connectivity index (χ1n) is 5.94. The molecule has 4 nitrogen and oxygen atoms in total. The molecule has 20 heavy (non-hydrogen) atoms. The number of rotatable bonds is 2. The van der Waals surface area contributed by atoms with E-state index in [4.69, 9.17) is 0 Å². The van der Waals surface area contributed by atoms with Crippen molar-refractivity contribution >= 4 is 22.4 Å². The van der Waals surface area contributed by atoms with Crippen molar-refractivity contribution in [1.82, 2.24) is 15.0 Å². The minimum atomic E-state index is -0.915. The molecule has 0 saturated carbocycles. The Bertz CT molecular complexity index is 789. The highest BCUT2D eigenvalue weighted by Gasteiger charge is 2.07. The molecule has 0 unspecified atom stereocenters. The van der Waals surface area contributed by atoms with Crippen LogP contribution in [0.3, 0.4) is 0 Å². The topological polar surface area (TPSA) is 50.7 Å². The van der Waals surface area contributed by atoms with Crippen LogP contribution in [0.2, 0.25) is 0 Å². The van der Waals surface area contributed by atoms with Crippen LogP contribution in [-0.2, 0) is 0 Å². The second-order valence-corrected chi connectivity index (χ2v) is 4.26. The third-order valence-corrected chi connectivity index (χ3v) is 2.81. The van der Waals surface area contributed by atoms with E-state index in [2.05, 4.69) is 20.3 Å². The van der Waals surface area contributed by atoms with Crippen LogP contribution in [0.25, 0.3) is 10.9 Å². The lowest BCUT2D eigenvalue weighted by Gasteiger charge is -2.08. The van der Waals surface area contributed by atoms with Gasteiger partial charge in [0.2, 0.25) is 0 Å². The van der Waals surface area contributed by atoms with Crippen LogP contribution >= 0.6 is 0 Å². The summed E-state index contributed by atoms with van der Waals surface area (Å²) < 4.78 is 26.1. The molecule has 0 radical (unpaired) electrons. The van der Waals surface area contributed by atoms with Gasteiger partial charge >= 0.3 is 0 Å². The van der Waals surface area contributed by atoms with Gasteiger partial charge < -0.3 is 5.32 Å². The number of fused-ring (bicyclic) bond motifs is 1. The lowest BCUT2D eigenvalue weighted by molar-refractivity contribution is 0.509. The maximum Gasteiger partial charge on any atom is 0.160 e. The lowest BCUT2D eigenvalue weighted by Crippen LogP contribution is -1.98. The van der Waals surface area contributed by atoms with Gasteiger partial charge in [-0.05, 0) is 25.1 Å². The quantitative estimate of drug-likeness (QED) is 0.777. The van der Waals surface area contributed by atoms with Crippen molar-refractivity contribution in [3.63, 3.8) is 0 Å². The van der Waals surface area contributed by atoms with E-state index in [0.29, 0.717) is 22.7 Å². The van der Waals surface area contributed by atoms with Crippen molar-refractivity contribution < 1.29 is 8.78 Å². The molecule has 2 aromatic heterocycles. The van der Waals surface area contributed by atoms with E-state index in [9.17, 15) is 8.78 Å². The van der Waals surface area contributed by atoms with Gasteiger partial charge in [0.15, 0.2) is 11.6 Å². The SMILES string of the molecule is Cc1ncc2c(Nc3ccc(F)c(F)c3)nccc2n1. The number of aromatic nitrogens is 3. The number of halogens is 2. The summed E-state index contributed by atoms with van der Waals surface area (Å²) in [5, 5.41) is 3.65. The fourth-order valence-corrected chi connectivity index (χ4v) is 1.86. The zero-order valence-corrected chi connectivity index (χ0v) is 10.6. The summed E-state index contributed by atoms with van der Waals surface area (Å²) in [7, 11) is 0. The monoisotopic (exact) mass is 272 g/mol. The number of benzene rings is 1. The highest BCUT2D eigenvalue weighted by atomic mass is 19.2. The van der Waals surface area contributed by atoms with Crippen LogP contribution in [0.4, 0.5) is 20.3 Å². The fraction of sp³-hybridized carbons (Fsp3) is 0.0714. The highest BCUT2D eigenvalue weighted by Crippen LogP contribution is 2.23. The molecule has 0 aliphatic carbocycles. The largest absolute Gasteiger partial charge is 0.340 e. The number of pyridine rings is 1. The molecular weight excluding hydrogens is 262 g/mol. The summed E-state index contributed by atoms with van der Waals surface area (Å²) in [4.78, 5) is 12.6. The molecule has 2 heterocycles. The van der Waals surface area contributed by atoms with Gasteiger partial charge in [0, 0.05) is 24.1 Å². The number of nitrogens with zero attached hydrogens (tertiary/aromatic N) is 3. The average molecular weight is 272 g/mol. The number of nitrogens with one attached hydrogen (secondary N) is 1. The normalized spacial score (nSPS) is 10.8. The number of hydrogen-bond donors (Lipinski definition) is 1. The molecule has 0 aliphatic rings. The summed E-state index contributed by atoms with van der Waals surface area (Å²) in [5.74, 6) is -0.654. The fourth-order valence-electron chi connectivity index (χ4n) is 1.86. The standard InChI is InChI=1S/C14H10F2N4/c1-8-18-7-10-13(19-8)4-5-17-14(10)20-9-2-3-11(15)12(16)6-9/h2-7H,1H3,(H,17,20). The van der Waals surface area contributed by atoms with Crippen LogP contribution < -0.4 is 5.32 Å². The molecule has 0 bridgehead atoms. The Morgan fingerprint density at radius 3 is 2.70 bits per heavy atom. The Labute approximate surface area is 113 Å². The van der Waals surface area contributed by atoms with Crippen molar-refractivity contribution in [2.24, 2.45) is 0 Å². The third kappa shape index (κ3) is 2.27. The van der Waals surface area contributed by atoms with Crippen LogP contribution in [0, 0.1) is 18.6 Å². The van der Waals surface area contributed by atoms with E-state index >= 15 is 0 Å². The van der Waals surface area contributed by atoms with E-state index in [-0.39, 0.29) is 0 Å².